The Labute approximate surface area is 112 Å². The van der Waals surface area contributed by atoms with Crippen LogP contribution < -0.4 is 11.1 Å². The van der Waals surface area contributed by atoms with Gasteiger partial charge in [-0.15, -0.1) is 0 Å². The Balaban J connectivity index is 2.90. The monoisotopic (exact) mass is 316 g/mol. The van der Waals surface area contributed by atoms with Crippen molar-refractivity contribution in [2.24, 2.45) is 5.73 Å². The van der Waals surface area contributed by atoms with Crippen molar-refractivity contribution < 1.29 is 19.4 Å². The standard InChI is InChI=1S/C11H13BrN2O4/c1-18-5-8(13)10(15)14-9-3-2-6(12)4-7(9)11(16)17/h2-4,8H,5,13H2,1H3,(H,14,15)(H,16,17). The highest BCUT2D eigenvalue weighted by molar-refractivity contribution is 9.10. The van der Waals surface area contributed by atoms with E-state index in [9.17, 15) is 9.59 Å². The first-order chi connectivity index (χ1) is 8.45. The van der Waals surface area contributed by atoms with Crippen molar-refractivity contribution in [3.8, 4) is 0 Å². The number of nitrogens with two attached hydrogens (primary N) is 1. The molecule has 0 spiro atoms. The van der Waals surface area contributed by atoms with E-state index in [-0.39, 0.29) is 17.9 Å². The molecule has 1 amide bonds. The number of carbonyl (C=O) groups excluding carboxylic acids is 1. The van der Waals surface area contributed by atoms with Crippen LogP contribution in [0.5, 0.6) is 0 Å². The maximum Gasteiger partial charge on any atom is 0.337 e. The molecule has 0 heterocycles. The number of aromatic carboxylic acids is 1. The van der Waals surface area contributed by atoms with Crippen LogP contribution in [0.1, 0.15) is 10.4 Å². The number of amides is 1. The van der Waals surface area contributed by atoms with Gasteiger partial charge < -0.3 is 20.9 Å². The zero-order valence-corrected chi connectivity index (χ0v) is 11.2. The van der Waals surface area contributed by atoms with E-state index in [0.717, 1.165) is 0 Å². The molecule has 0 bridgehead atoms. The molecule has 1 unspecified atom stereocenters. The van der Waals surface area contributed by atoms with Crippen molar-refractivity contribution in [1.82, 2.24) is 0 Å². The highest BCUT2D eigenvalue weighted by Crippen LogP contribution is 2.21. The van der Waals surface area contributed by atoms with Crippen molar-refractivity contribution in [3.05, 3.63) is 28.2 Å². The third kappa shape index (κ3) is 3.80. The van der Waals surface area contributed by atoms with Gasteiger partial charge in [0.25, 0.3) is 0 Å². The van der Waals surface area contributed by atoms with Crippen LogP contribution in [0.2, 0.25) is 0 Å². The number of carbonyl (C=O) groups is 2. The summed E-state index contributed by atoms with van der Waals surface area (Å²) < 4.78 is 5.36. The minimum atomic E-state index is -1.13. The molecule has 6 nitrogen and oxygen atoms in total. The summed E-state index contributed by atoms with van der Waals surface area (Å²) in [6, 6.07) is 3.68. The minimum Gasteiger partial charge on any atom is -0.478 e. The number of anilines is 1. The fourth-order valence-corrected chi connectivity index (χ4v) is 1.64. The number of hydrogen-bond donors (Lipinski definition) is 3. The van der Waals surface area contributed by atoms with Gasteiger partial charge in [-0.1, -0.05) is 15.9 Å². The van der Waals surface area contributed by atoms with Gasteiger partial charge in [-0.3, -0.25) is 4.79 Å². The van der Waals surface area contributed by atoms with E-state index in [4.69, 9.17) is 15.6 Å². The molecule has 0 saturated carbocycles. The Kier molecular flexibility index (Phi) is 5.26. The molecule has 1 aromatic carbocycles. The van der Waals surface area contributed by atoms with Crippen LogP contribution in [-0.4, -0.2) is 36.7 Å². The molecule has 1 rings (SSSR count). The van der Waals surface area contributed by atoms with E-state index in [1.54, 1.807) is 6.07 Å². The maximum absolute atomic E-state index is 11.6. The lowest BCUT2D eigenvalue weighted by Crippen LogP contribution is -2.39. The SMILES string of the molecule is COCC(N)C(=O)Nc1ccc(Br)cc1C(=O)O. The lowest BCUT2D eigenvalue weighted by Gasteiger charge is -2.13. The van der Waals surface area contributed by atoms with Crippen LogP contribution in [0.3, 0.4) is 0 Å². The molecule has 0 aliphatic rings. The predicted molar refractivity (Wildman–Crippen MR) is 69.6 cm³/mol. The number of ether oxygens (including phenoxy) is 1. The van der Waals surface area contributed by atoms with Crippen molar-refractivity contribution in [2.45, 2.75) is 6.04 Å². The molecule has 0 radical (unpaired) electrons. The molecule has 4 N–H and O–H groups in total. The number of benzene rings is 1. The zero-order chi connectivity index (χ0) is 13.7. The number of methoxy groups -OCH3 is 1. The van der Waals surface area contributed by atoms with Crippen molar-refractivity contribution >= 4 is 33.5 Å². The molecular weight excluding hydrogens is 304 g/mol. The molecule has 0 aromatic heterocycles. The fraction of sp³-hybridized carbons (Fsp3) is 0.273. The first-order valence-corrected chi connectivity index (χ1v) is 5.83. The molecule has 18 heavy (non-hydrogen) atoms. The first kappa shape index (κ1) is 14.6. The Morgan fingerprint density at radius 1 is 1.56 bits per heavy atom. The number of carboxylic acids is 1. The van der Waals surface area contributed by atoms with Crippen molar-refractivity contribution in [3.63, 3.8) is 0 Å². The summed E-state index contributed by atoms with van der Waals surface area (Å²) >= 11 is 3.16. The van der Waals surface area contributed by atoms with E-state index >= 15 is 0 Å². The van der Waals surface area contributed by atoms with Crippen LogP contribution in [0.4, 0.5) is 5.69 Å². The van der Waals surface area contributed by atoms with E-state index in [0.29, 0.717) is 4.47 Å². The Morgan fingerprint density at radius 2 is 2.22 bits per heavy atom. The average molecular weight is 317 g/mol. The number of nitrogens with one attached hydrogen (secondary N) is 1. The molecule has 0 aliphatic carbocycles. The molecular formula is C11H13BrN2O4. The first-order valence-electron chi connectivity index (χ1n) is 5.04. The minimum absolute atomic E-state index is 0.0117. The van der Waals surface area contributed by atoms with Gasteiger partial charge >= 0.3 is 5.97 Å². The Morgan fingerprint density at radius 3 is 2.78 bits per heavy atom. The average Bonchev–Trinajstić information content (AvgIpc) is 2.31. The van der Waals surface area contributed by atoms with Crippen LogP contribution >= 0.6 is 15.9 Å². The van der Waals surface area contributed by atoms with Crippen molar-refractivity contribution in [2.75, 3.05) is 19.0 Å². The zero-order valence-electron chi connectivity index (χ0n) is 9.64. The maximum atomic E-state index is 11.6. The van der Waals surface area contributed by atoms with Gasteiger partial charge in [0.05, 0.1) is 17.9 Å². The van der Waals surface area contributed by atoms with Crippen LogP contribution in [0.25, 0.3) is 0 Å². The van der Waals surface area contributed by atoms with Gasteiger partial charge in [-0.25, -0.2) is 4.79 Å². The third-order valence-electron chi connectivity index (χ3n) is 2.15. The summed E-state index contributed by atoms with van der Waals surface area (Å²) in [6.45, 7) is 0.0603. The smallest absolute Gasteiger partial charge is 0.337 e. The number of halogens is 1. The molecule has 0 fully saturated rings. The summed E-state index contributed by atoms with van der Waals surface area (Å²) in [6.07, 6.45) is 0. The summed E-state index contributed by atoms with van der Waals surface area (Å²) in [5, 5.41) is 11.5. The van der Waals surface area contributed by atoms with Gasteiger partial charge in [-0.2, -0.15) is 0 Å². The van der Waals surface area contributed by atoms with E-state index in [1.807, 2.05) is 0 Å². The fourth-order valence-electron chi connectivity index (χ4n) is 1.28. The van der Waals surface area contributed by atoms with Gasteiger partial charge in [0.1, 0.15) is 6.04 Å². The Bertz CT molecular complexity index is 464. The van der Waals surface area contributed by atoms with Crippen LogP contribution in [0, 0.1) is 0 Å². The van der Waals surface area contributed by atoms with E-state index in [2.05, 4.69) is 21.2 Å². The predicted octanol–water partition coefficient (Wildman–Crippen LogP) is 1.06. The van der Waals surface area contributed by atoms with Gasteiger partial charge in [0.15, 0.2) is 0 Å². The summed E-state index contributed by atoms with van der Waals surface area (Å²) in [7, 11) is 1.43. The molecule has 0 saturated heterocycles. The number of carboxylic acid groups (broad SMARTS) is 1. The lowest BCUT2D eigenvalue weighted by molar-refractivity contribution is -0.118. The summed E-state index contributed by atoms with van der Waals surface area (Å²) in [5.41, 5.74) is 5.72. The highest BCUT2D eigenvalue weighted by atomic mass is 79.9. The van der Waals surface area contributed by atoms with Gasteiger partial charge in [0.2, 0.25) is 5.91 Å². The normalized spacial score (nSPS) is 11.9. The Hall–Kier alpha value is -1.44. The third-order valence-corrected chi connectivity index (χ3v) is 2.65. The lowest BCUT2D eigenvalue weighted by atomic mass is 10.1. The molecule has 0 aliphatic heterocycles. The second kappa shape index (κ2) is 6.48. The number of rotatable bonds is 5. The van der Waals surface area contributed by atoms with Crippen molar-refractivity contribution in [1.29, 1.82) is 0 Å². The molecule has 1 atom stereocenters. The number of hydrogen-bond acceptors (Lipinski definition) is 4. The molecule has 98 valence electrons. The largest absolute Gasteiger partial charge is 0.478 e. The van der Waals surface area contributed by atoms with Gasteiger partial charge in [0, 0.05) is 11.6 Å². The van der Waals surface area contributed by atoms with Gasteiger partial charge in [-0.05, 0) is 18.2 Å². The quantitative estimate of drug-likeness (QED) is 0.754. The van der Waals surface area contributed by atoms with Crippen LogP contribution in [-0.2, 0) is 9.53 Å². The van der Waals surface area contributed by atoms with Crippen LogP contribution in [0.15, 0.2) is 22.7 Å². The van der Waals surface area contributed by atoms with E-state index in [1.165, 1.54) is 19.2 Å². The molecule has 7 heteroatoms. The topological polar surface area (TPSA) is 102 Å². The summed E-state index contributed by atoms with van der Waals surface area (Å²) in [5.74, 6) is -1.63. The van der Waals surface area contributed by atoms with E-state index < -0.39 is 17.9 Å². The highest BCUT2D eigenvalue weighted by Gasteiger charge is 2.17. The second-order valence-electron chi connectivity index (χ2n) is 3.55. The second-order valence-corrected chi connectivity index (χ2v) is 4.46. The summed E-state index contributed by atoms with van der Waals surface area (Å²) in [4.78, 5) is 22.7. The molecule has 1 aromatic rings.